The fourth-order valence-electron chi connectivity index (χ4n) is 8.57. The van der Waals surface area contributed by atoms with E-state index in [2.05, 4.69) is 31.2 Å². The molecule has 0 radical (unpaired) electrons. The van der Waals surface area contributed by atoms with Crippen molar-refractivity contribution in [3.63, 3.8) is 0 Å². The van der Waals surface area contributed by atoms with E-state index in [0.717, 1.165) is 27.1 Å². The molecule has 0 aliphatic carbocycles. The molecule has 0 saturated carbocycles. The Kier molecular flexibility index (Phi) is 14.6. The topological polar surface area (TPSA) is 245 Å². The highest BCUT2D eigenvalue weighted by atomic mass is 35.5. The third-order valence-corrected chi connectivity index (χ3v) is 12.0. The maximum atomic E-state index is 13.3. The number of carbonyl (C=O) groups is 7. The van der Waals surface area contributed by atoms with Gasteiger partial charge in [-0.05, 0) is 47.9 Å². The van der Waals surface area contributed by atoms with Gasteiger partial charge in [-0.3, -0.25) is 39.0 Å². The number of anilines is 1. The van der Waals surface area contributed by atoms with Gasteiger partial charge in [0.1, 0.15) is 23.7 Å². The van der Waals surface area contributed by atoms with E-state index in [1.54, 1.807) is 47.3 Å². The van der Waals surface area contributed by atoms with Crippen LogP contribution in [-0.4, -0.2) is 142 Å². The van der Waals surface area contributed by atoms with Crippen LogP contribution < -0.4 is 16.0 Å². The van der Waals surface area contributed by atoms with E-state index >= 15 is 0 Å². The number of nitrogens with zero attached hydrogens (tertiary/aromatic N) is 5. The highest BCUT2D eigenvalue weighted by Gasteiger charge is 2.46. The van der Waals surface area contributed by atoms with Crippen molar-refractivity contribution in [3.8, 4) is 0 Å². The van der Waals surface area contributed by atoms with E-state index in [-0.39, 0.29) is 48.7 Å². The standard InChI is InChI=1S/C46H48ClN9O11/c1-64-46(63)36-23-32-30-5-2-3-7-33(30)50-40(32)41(55(36)38(58)24-47)27-9-11-28(12-10-27)42(59)49-25-29-26-54(53-52-29)16-18-66-20-22-67-21-19-65-17-15-48-34-8-4-6-31-39(34)45(62)56(44(31)61)35-13-14-37(57)51-43(35)60/h2-12,26,35-36,41,48,50H,13-25H2,1H3,(H,49,59)(H,51,57,60)/t35?,36-,41+/m1/s1. The molecule has 5 aromatic rings. The second-order valence-electron chi connectivity index (χ2n) is 15.9. The highest BCUT2D eigenvalue weighted by molar-refractivity contribution is 6.27. The van der Waals surface area contributed by atoms with E-state index in [1.807, 2.05) is 24.3 Å². The minimum atomic E-state index is -1.04. The number of carbonyl (C=O) groups excluding carboxylic acids is 7. The first-order valence-corrected chi connectivity index (χ1v) is 22.2. The molecule has 2 aromatic heterocycles. The number of hydrogen-bond acceptors (Lipinski definition) is 14. The molecule has 1 unspecified atom stereocenters. The van der Waals surface area contributed by atoms with Crippen LogP contribution in [-0.2, 0) is 57.6 Å². The number of ether oxygens (including phenoxy) is 4. The van der Waals surface area contributed by atoms with E-state index in [0.29, 0.717) is 75.2 Å². The number of para-hydroxylation sites is 1. The van der Waals surface area contributed by atoms with Gasteiger partial charge in [0.25, 0.3) is 17.7 Å². The molecule has 350 valence electrons. The Hall–Kier alpha value is -7.00. The Balaban J connectivity index is 0.722. The quantitative estimate of drug-likeness (QED) is 0.0380. The van der Waals surface area contributed by atoms with Crippen LogP contribution in [0.4, 0.5) is 5.69 Å². The average Bonchev–Trinajstić information content (AvgIpc) is 4.03. The summed E-state index contributed by atoms with van der Waals surface area (Å²) in [5, 5.41) is 17.4. The Morgan fingerprint density at radius 1 is 0.881 bits per heavy atom. The molecular formula is C46H48ClN9O11. The van der Waals surface area contributed by atoms with Crippen LogP contribution in [0, 0.1) is 0 Å². The molecule has 3 atom stereocenters. The molecule has 6 amide bonds. The molecule has 3 aliphatic rings. The molecule has 1 saturated heterocycles. The predicted octanol–water partition coefficient (Wildman–Crippen LogP) is 2.51. The number of alkyl halides is 1. The lowest BCUT2D eigenvalue weighted by molar-refractivity contribution is -0.154. The molecule has 3 aromatic carbocycles. The van der Waals surface area contributed by atoms with Crippen LogP contribution in [0.5, 0.6) is 0 Å². The second-order valence-corrected chi connectivity index (χ2v) is 16.1. The first kappa shape index (κ1) is 46.5. The molecule has 5 heterocycles. The normalized spacial score (nSPS) is 17.9. The van der Waals surface area contributed by atoms with E-state index in [1.165, 1.54) is 18.1 Å². The zero-order chi connectivity index (χ0) is 47.0. The number of rotatable bonds is 20. The minimum absolute atomic E-state index is 0.0459. The van der Waals surface area contributed by atoms with E-state index in [4.69, 9.17) is 30.5 Å². The number of nitrogens with one attached hydrogen (secondary N) is 4. The SMILES string of the molecule is COC(=O)[C@H]1Cc2c([nH]c3ccccc23)[C@H](c2ccc(C(=O)NCc3cn(CCOCCOCCOCCNc4cccc5c4C(=O)N(C4CCC(=O)NC4=O)C5=O)nn3)cc2)N1C(=O)CCl. The molecule has 20 nitrogen and oxygen atoms in total. The number of benzene rings is 3. The summed E-state index contributed by atoms with van der Waals surface area (Å²) in [4.78, 5) is 95.6. The molecule has 3 aliphatic heterocycles. The Bertz CT molecular complexity index is 2690. The van der Waals surface area contributed by atoms with Crippen LogP contribution in [0.1, 0.15) is 72.5 Å². The van der Waals surface area contributed by atoms with Crippen molar-refractivity contribution in [1.82, 2.24) is 40.4 Å². The molecule has 0 spiro atoms. The van der Waals surface area contributed by atoms with Crippen molar-refractivity contribution in [2.75, 3.05) is 64.5 Å². The number of amides is 6. The Labute approximate surface area is 388 Å². The number of esters is 1. The van der Waals surface area contributed by atoms with Gasteiger partial charge in [0.15, 0.2) is 0 Å². The first-order chi connectivity index (χ1) is 32.6. The summed E-state index contributed by atoms with van der Waals surface area (Å²) in [5.74, 6) is -3.89. The van der Waals surface area contributed by atoms with E-state index in [9.17, 15) is 33.6 Å². The monoisotopic (exact) mass is 937 g/mol. The summed E-state index contributed by atoms with van der Waals surface area (Å²) in [6, 6.07) is 16.8. The predicted molar refractivity (Wildman–Crippen MR) is 239 cm³/mol. The zero-order valence-electron chi connectivity index (χ0n) is 36.5. The lowest BCUT2D eigenvalue weighted by atomic mass is 9.87. The first-order valence-electron chi connectivity index (χ1n) is 21.7. The average molecular weight is 938 g/mol. The third-order valence-electron chi connectivity index (χ3n) is 11.8. The van der Waals surface area contributed by atoms with Crippen molar-refractivity contribution >= 4 is 69.6 Å². The van der Waals surface area contributed by atoms with Crippen molar-refractivity contribution < 1.29 is 52.5 Å². The maximum Gasteiger partial charge on any atom is 0.328 e. The molecule has 67 heavy (non-hydrogen) atoms. The molecule has 0 bridgehead atoms. The van der Waals surface area contributed by atoms with Gasteiger partial charge < -0.3 is 39.5 Å². The van der Waals surface area contributed by atoms with Crippen LogP contribution in [0.15, 0.2) is 72.9 Å². The van der Waals surface area contributed by atoms with Crippen molar-refractivity contribution in [2.24, 2.45) is 0 Å². The van der Waals surface area contributed by atoms with Gasteiger partial charge in [0.05, 0.1) is 83.2 Å². The minimum Gasteiger partial charge on any atom is -0.467 e. The Morgan fingerprint density at radius 3 is 2.37 bits per heavy atom. The Morgan fingerprint density at radius 2 is 1.63 bits per heavy atom. The van der Waals surface area contributed by atoms with Gasteiger partial charge in [0, 0.05) is 47.2 Å². The van der Waals surface area contributed by atoms with Gasteiger partial charge in [-0.15, -0.1) is 16.7 Å². The smallest absolute Gasteiger partial charge is 0.328 e. The molecule has 21 heteroatoms. The van der Waals surface area contributed by atoms with Gasteiger partial charge in [-0.2, -0.15) is 0 Å². The summed E-state index contributed by atoms with van der Waals surface area (Å²) in [5.41, 5.74) is 5.00. The van der Waals surface area contributed by atoms with Crippen molar-refractivity contribution in [1.29, 1.82) is 0 Å². The summed E-state index contributed by atoms with van der Waals surface area (Å²) in [6.45, 7) is 2.90. The summed E-state index contributed by atoms with van der Waals surface area (Å²) < 4.78 is 23.6. The third kappa shape index (κ3) is 10.1. The van der Waals surface area contributed by atoms with E-state index < -0.39 is 53.6 Å². The number of methoxy groups -OCH3 is 1. The number of hydrogen-bond donors (Lipinski definition) is 4. The lowest BCUT2D eigenvalue weighted by Gasteiger charge is -2.40. The zero-order valence-corrected chi connectivity index (χ0v) is 37.2. The van der Waals surface area contributed by atoms with Gasteiger partial charge in [-0.25, -0.2) is 9.48 Å². The van der Waals surface area contributed by atoms with Gasteiger partial charge in [-0.1, -0.05) is 41.6 Å². The molecule has 8 rings (SSSR count). The molecular weight excluding hydrogens is 890 g/mol. The number of halogens is 1. The fourth-order valence-corrected chi connectivity index (χ4v) is 8.71. The van der Waals surface area contributed by atoms with Crippen molar-refractivity contribution in [2.45, 2.75) is 50.5 Å². The number of imide groups is 2. The number of aromatic nitrogens is 4. The fraction of sp³-hybridized carbons (Fsp3) is 0.370. The van der Waals surface area contributed by atoms with Gasteiger partial charge in [0.2, 0.25) is 17.7 Å². The maximum absolute atomic E-state index is 13.3. The lowest BCUT2D eigenvalue weighted by Crippen LogP contribution is -2.54. The highest BCUT2D eigenvalue weighted by Crippen LogP contribution is 2.41. The van der Waals surface area contributed by atoms with Crippen molar-refractivity contribution in [3.05, 3.63) is 112 Å². The molecule has 1 fully saturated rings. The van der Waals surface area contributed by atoms with Crippen LogP contribution in [0.3, 0.4) is 0 Å². The van der Waals surface area contributed by atoms with Crippen LogP contribution in [0.2, 0.25) is 0 Å². The number of H-pyrrole nitrogens is 1. The summed E-state index contributed by atoms with van der Waals surface area (Å²) in [7, 11) is 1.29. The second kappa shape index (κ2) is 21.1. The van der Waals surface area contributed by atoms with Crippen LogP contribution in [0.25, 0.3) is 10.9 Å². The largest absolute Gasteiger partial charge is 0.467 e. The van der Waals surface area contributed by atoms with Gasteiger partial charge >= 0.3 is 5.97 Å². The summed E-state index contributed by atoms with van der Waals surface area (Å²) in [6.07, 6.45) is 2.10. The number of piperidine rings is 1. The molecule has 4 N–H and O–H groups in total. The van der Waals surface area contributed by atoms with Crippen LogP contribution >= 0.6 is 11.6 Å². The number of fused-ring (bicyclic) bond motifs is 4. The summed E-state index contributed by atoms with van der Waals surface area (Å²) >= 11 is 6.07. The number of aromatic amines is 1.